The lowest BCUT2D eigenvalue weighted by molar-refractivity contribution is -0.164. The molecule has 4 amide bonds. The normalized spacial score (nSPS) is 20.2. The number of thiazole rings is 1. The first-order valence-electron chi connectivity index (χ1n) is 23.4. The number of aromatic nitrogens is 1. The molecule has 1 aliphatic carbocycles. The lowest BCUT2D eigenvalue weighted by Gasteiger charge is -2.63. The molecule has 370 valence electrons. The minimum absolute atomic E-state index is 0.0474. The number of nitrogens with two attached hydrogens (primary N) is 1. The summed E-state index contributed by atoms with van der Waals surface area (Å²) >= 11 is 7.79. The highest BCUT2D eigenvalue weighted by atomic mass is 35.5. The van der Waals surface area contributed by atoms with Crippen molar-refractivity contribution in [1.82, 2.24) is 25.8 Å². The van der Waals surface area contributed by atoms with Crippen molar-refractivity contribution in [1.29, 1.82) is 5.26 Å². The fraction of sp³-hybridized carbons (Fsp3) is 0.500. The molecule has 1 saturated carbocycles. The van der Waals surface area contributed by atoms with Gasteiger partial charge in [0.1, 0.15) is 42.4 Å². The van der Waals surface area contributed by atoms with Gasteiger partial charge in [-0.1, -0.05) is 84.3 Å². The van der Waals surface area contributed by atoms with Crippen molar-refractivity contribution in [3.8, 4) is 28.0 Å². The largest absolute Gasteiger partial charge is 0.494 e. The Labute approximate surface area is 414 Å². The van der Waals surface area contributed by atoms with Gasteiger partial charge in [-0.2, -0.15) is 5.26 Å². The lowest BCUT2D eigenvalue weighted by atomic mass is 9.49. The summed E-state index contributed by atoms with van der Waals surface area (Å²) in [5.41, 5.74) is 10.1. The number of ether oxygens (including phenoxy) is 3. The number of carbonyl (C=O) groups excluding carboxylic acids is 4. The summed E-state index contributed by atoms with van der Waals surface area (Å²) in [6, 6.07) is 19.2. The van der Waals surface area contributed by atoms with Crippen LogP contribution in [0.15, 0.2) is 72.2 Å². The Bertz CT molecular complexity index is 2470. The molecule has 1 aromatic heterocycles. The number of unbranched alkanes of at least 4 members (excludes halogenated alkanes) is 2. The molecule has 69 heavy (non-hydrogen) atoms. The zero-order valence-electron chi connectivity index (χ0n) is 40.8. The number of amides is 4. The number of nitrogens with zero attached hydrogens (tertiary/aromatic N) is 3. The van der Waals surface area contributed by atoms with Crippen LogP contribution in [0.4, 0.5) is 0 Å². The third-order valence-electron chi connectivity index (χ3n) is 13.1. The van der Waals surface area contributed by atoms with Crippen molar-refractivity contribution in [2.24, 2.45) is 22.0 Å². The number of likely N-dealkylation sites (tertiary alicyclic amines) is 1. The number of nitrogens with one attached hydrogen (secondary N) is 3. The van der Waals surface area contributed by atoms with E-state index in [4.69, 9.17) is 31.5 Å². The van der Waals surface area contributed by atoms with Gasteiger partial charge < -0.3 is 45.9 Å². The summed E-state index contributed by atoms with van der Waals surface area (Å²) in [7, 11) is 0. The van der Waals surface area contributed by atoms with Crippen LogP contribution in [0, 0.1) is 34.5 Å². The molecule has 4 aromatic rings. The summed E-state index contributed by atoms with van der Waals surface area (Å²) in [5.74, 6) is -0.347. The maximum Gasteiger partial charge on any atom is 0.251 e. The molecule has 15 nitrogen and oxygen atoms in total. The van der Waals surface area contributed by atoms with Gasteiger partial charge in [0.2, 0.25) is 17.7 Å². The Kier molecular flexibility index (Phi) is 17.2. The Hall–Kier alpha value is -5.57. The fourth-order valence-corrected chi connectivity index (χ4v) is 10.7. The Morgan fingerprint density at radius 3 is 2.25 bits per heavy atom. The summed E-state index contributed by atoms with van der Waals surface area (Å²) in [6.45, 7) is 16.3. The predicted octanol–water partition coefficient (Wildman–Crippen LogP) is 7.13. The van der Waals surface area contributed by atoms with Gasteiger partial charge in [-0.05, 0) is 79.1 Å². The van der Waals surface area contributed by atoms with Gasteiger partial charge in [0.15, 0.2) is 0 Å². The monoisotopic (exact) mass is 983 g/mol. The van der Waals surface area contributed by atoms with Crippen LogP contribution < -0.4 is 31.2 Å². The van der Waals surface area contributed by atoms with E-state index in [1.807, 2.05) is 52.0 Å². The number of hydrogen-bond acceptors (Lipinski definition) is 12. The van der Waals surface area contributed by atoms with Gasteiger partial charge >= 0.3 is 0 Å². The average Bonchev–Trinajstić information content (AvgIpc) is 3.93. The van der Waals surface area contributed by atoms with Gasteiger partial charge in [0, 0.05) is 54.6 Å². The second kappa shape index (κ2) is 22.5. The molecule has 2 aliphatic rings. The fourth-order valence-electron chi connectivity index (χ4n) is 9.67. The Balaban J connectivity index is 0.896. The molecular formula is C52H66ClN7O8S. The maximum absolute atomic E-state index is 14.1. The van der Waals surface area contributed by atoms with Crippen molar-refractivity contribution in [3.05, 3.63) is 99.6 Å². The van der Waals surface area contributed by atoms with E-state index in [0.717, 1.165) is 34.5 Å². The number of rotatable bonds is 20. The number of nitriles is 1. The Morgan fingerprint density at radius 2 is 1.64 bits per heavy atom. The van der Waals surface area contributed by atoms with Crippen molar-refractivity contribution >= 4 is 46.6 Å². The summed E-state index contributed by atoms with van der Waals surface area (Å²) in [5, 5.41) is 29.2. The van der Waals surface area contributed by atoms with Gasteiger partial charge in [-0.25, -0.2) is 4.98 Å². The van der Waals surface area contributed by atoms with Gasteiger partial charge in [-0.15, -0.1) is 11.3 Å². The highest BCUT2D eigenvalue weighted by Crippen LogP contribution is 2.55. The highest BCUT2D eigenvalue weighted by Gasteiger charge is 2.64. The summed E-state index contributed by atoms with van der Waals surface area (Å²) < 4.78 is 18.0. The second-order valence-corrected chi connectivity index (χ2v) is 21.5. The zero-order valence-corrected chi connectivity index (χ0v) is 42.3. The third-order valence-corrected chi connectivity index (χ3v) is 14.4. The van der Waals surface area contributed by atoms with E-state index in [9.17, 15) is 29.5 Å². The van der Waals surface area contributed by atoms with Crippen LogP contribution in [-0.4, -0.2) is 102 Å². The zero-order chi connectivity index (χ0) is 50.3. The molecule has 0 bridgehead atoms. The second-order valence-electron chi connectivity index (χ2n) is 20.2. The number of carbonyl (C=O) groups is 4. The van der Waals surface area contributed by atoms with Crippen molar-refractivity contribution in [2.75, 3.05) is 32.9 Å². The van der Waals surface area contributed by atoms with Crippen molar-refractivity contribution < 1.29 is 38.5 Å². The van der Waals surface area contributed by atoms with Crippen LogP contribution in [0.25, 0.3) is 10.4 Å². The number of hydrogen-bond donors (Lipinski definition) is 5. The molecule has 1 unspecified atom stereocenters. The molecular weight excluding hydrogens is 918 g/mol. The third kappa shape index (κ3) is 12.6. The smallest absolute Gasteiger partial charge is 0.251 e. The van der Waals surface area contributed by atoms with E-state index < -0.39 is 58.2 Å². The van der Waals surface area contributed by atoms with E-state index in [0.29, 0.717) is 47.3 Å². The van der Waals surface area contributed by atoms with E-state index in [1.54, 1.807) is 59.3 Å². The lowest BCUT2D eigenvalue weighted by Crippen LogP contribution is -2.74. The van der Waals surface area contributed by atoms with Gasteiger partial charge in [-0.3, -0.25) is 19.2 Å². The molecule has 0 spiro atoms. The average molecular weight is 985 g/mol. The molecule has 2 fully saturated rings. The standard InChI is InChI=1S/C52H66ClN7O8S/c1-31-43(69-30-56-31)33-14-12-32(13-15-33)40(27-55)57-46(64)41-24-36(61)28-60(41)47(65)44(50(2,3)4)58-42(62)29-66-22-10-9-11-23-67-37-19-16-34(17-20-37)45(63)59-48-51(5,6)49(52(48,7)8)68-38-21-18-35(26-54)39(53)25-38/h12-21,25,30,36,40-41,44,48-49,61H,9-11,22-24,27-29,55H2,1-8H3,(H,57,64)(H,58,62)(H,59,63)/t36-,40+,41+,44?,48?,49?/m1/s1. The summed E-state index contributed by atoms with van der Waals surface area (Å²) in [6.07, 6.45) is 1.13. The van der Waals surface area contributed by atoms with Crippen LogP contribution >= 0.6 is 22.9 Å². The number of aliphatic hydroxyl groups is 1. The first-order chi connectivity index (χ1) is 32.6. The van der Waals surface area contributed by atoms with Crippen LogP contribution in [0.5, 0.6) is 11.5 Å². The summed E-state index contributed by atoms with van der Waals surface area (Å²) in [4.78, 5) is 61.1. The molecule has 0 radical (unpaired) electrons. The predicted molar refractivity (Wildman–Crippen MR) is 266 cm³/mol. The first-order valence-corrected chi connectivity index (χ1v) is 24.7. The highest BCUT2D eigenvalue weighted by molar-refractivity contribution is 7.13. The SMILES string of the molecule is Cc1ncsc1-c1ccc([C@H](CN)NC(=O)[C@@H]2C[C@@H](O)CN2C(=O)C(NC(=O)COCCCCCOc2ccc(C(=O)NC3C(C)(C)C(Oc4ccc(C#N)c(Cl)c4)C3(C)C)cc2)C(C)(C)C)cc1. The van der Waals surface area contributed by atoms with Gasteiger partial charge in [0.25, 0.3) is 5.91 Å². The minimum atomic E-state index is -0.986. The number of aliphatic hydroxyl groups excluding tert-OH is 1. The number of β-amino-alcohol motifs (C(OH)–C–C–N with tert-alkyl or cyclic N) is 1. The molecule has 17 heteroatoms. The molecule has 2 heterocycles. The molecule has 3 aromatic carbocycles. The molecule has 4 atom stereocenters. The van der Waals surface area contributed by atoms with Gasteiger partial charge in [0.05, 0.1) is 45.4 Å². The van der Waals surface area contributed by atoms with E-state index in [2.05, 4.69) is 54.7 Å². The van der Waals surface area contributed by atoms with Crippen LogP contribution in [0.1, 0.15) is 107 Å². The first kappa shape index (κ1) is 52.8. The minimum Gasteiger partial charge on any atom is -0.494 e. The van der Waals surface area contributed by atoms with E-state index in [1.165, 1.54) is 4.90 Å². The van der Waals surface area contributed by atoms with E-state index in [-0.39, 0.29) is 44.2 Å². The van der Waals surface area contributed by atoms with Crippen molar-refractivity contribution in [3.63, 3.8) is 0 Å². The van der Waals surface area contributed by atoms with Crippen LogP contribution in [0.3, 0.4) is 0 Å². The quantitative estimate of drug-likeness (QED) is 0.0561. The Morgan fingerprint density at radius 1 is 0.971 bits per heavy atom. The van der Waals surface area contributed by atoms with Crippen LogP contribution in [-0.2, 0) is 19.1 Å². The molecule has 6 rings (SSSR count). The number of benzene rings is 3. The number of aryl methyl sites for hydroxylation is 1. The van der Waals surface area contributed by atoms with Crippen LogP contribution in [0.2, 0.25) is 5.02 Å². The molecule has 1 saturated heterocycles. The molecule has 1 aliphatic heterocycles. The number of halogens is 1. The van der Waals surface area contributed by atoms with Crippen molar-refractivity contribution in [2.45, 2.75) is 117 Å². The molecule has 6 N–H and O–H groups in total. The van der Waals surface area contributed by atoms with E-state index >= 15 is 0 Å². The maximum atomic E-state index is 14.1. The topological polar surface area (TPSA) is 218 Å².